The predicted molar refractivity (Wildman–Crippen MR) is 96.0 cm³/mol. The Hall–Kier alpha value is -2.26. The SMILES string of the molecule is COC(=O)C1=C(C(=O)OC)N(c2cc(C(F)(F)F)c(Br)cc2Cl)C=CC=C1. The van der Waals surface area contributed by atoms with Gasteiger partial charge in [0.2, 0.25) is 0 Å². The van der Waals surface area contributed by atoms with Crippen molar-refractivity contribution >= 4 is 45.2 Å². The van der Waals surface area contributed by atoms with E-state index in [-0.39, 0.29) is 26.5 Å². The summed E-state index contributed by atoms with van der Waals surface area (Å²) in [6.07, 6.45) is 0.740. The maximum Gasteiger partial charge on any atom is 0.417 e. The summed E-state index contributed by atoms with van der Waals surface area (Å²) >= 11 is 8.96. The lowest BCUT2D eigenvalue weighted by molar-refractivity contribution is -0.139. The van der Waals surface area contributed by atoms with Crippen molar-refractivity contribution < 1.29 is 32.2 Å². The van der Waals surface area contributed by atoms with E-state index in [1.165, 1.54) is 24.4 Å². The number of carbonyl (C=O) groups excluding carboxylic acids is 2. The van der Waals surface area contributed by atoms with Gasteiger partial charge in [0.15, 0.2) is 0 Å². The maximum atomic E-state index is 13.3. The number of nitrogens with zero attached hydrogens (tertiary/aromatic N) is 1. The summed E-state index contributed by atoms with van der Waals surface area (Å²) in [5.41, 5.74) is -1.72. The second-order valence-corrected chi connectivity index (χ2v) is 6.36. The Labute approximate surface area is 165 Å². The van der Waals surface area contributed by atoms with Crippen LogP contribution < -0.4 is 4.90 Å². The van der Waals surface area contributed by atoms with Gasteiger partial charge >= 0.3 is 18.1 Å². The highest BCUT2D eigenvalue weighted by molar-refractivity contribution is 9.10. The van der Waals surface area contributed by atoms with Gasteiger partial charge in [0.05, 0.1) is 36.1 Å². The van der Waals surface area contributed by atoms with Crippen LogP contribution >= 0.6 is 27.5 Å². The minimum absolute atomic E-state index is 0.0907. The molecule has 5 nitrogen and oxygen atoms in total. The van der Waals surface area contributed by atoms with Gasteiger partial charge in [0, 0.05) is 10.7 Å². The average Bonchev–Trinajstić information content (AvgIpc) is 2.82. The van der Waals surface area contributed by atoms with E-state index in [1.54, 1.807) is 0 Å². The smallest absolute Gasteiger partial charge is 0.417 e. The molecule has 0 N–H and O–H groups in total. The van der Waals surface area contributed by atoms with Gasteiger partial charge in [-0.05, 0) is 24.3 Å². The summed E-state index contributed by atoms with van der Waals surface area (Å²) < 4.78 is 48.9. The van der Waals surface area contributed by atoms with Crippen LogP contribution in [0.5, 0.6) is 0 Å². The highest BCUT2D eigenvalue weighted by Crippen LogP contribution is 2.42. The standard InChI is InChI=1S/C17H12BrClF3NO4/c1-26-15(24)9-5-3-4-6-23(14(9)16(25)27-2)13-7-10(17(20,21)22)11(18)8-12(13)19/h3-8H,1-2H3. The quantitative estimate of drug-likeness (QED) is 0.609. The summed E-state index contributed by atoms with van der Waals surface area (Å²) in [7, 11) is 2.18. The molecule has 0 atom stereocenters. The number of allylic oxidation sites excluding steroid dienone is 2. The number of hydrogen-bond donors (Lipinski definition) is 0. The third-order valence-electron chi connectivity index (χ3n) is 3.49. The molecule has 27 heavy (non-hydrogen) atoms. The lowest BCUT2D eigenvalue weighted by Crippen LogP contribution is -2.27. The Balaban J connectivity index is 2.78. The molecule has 0 aromatic heterocycles. The van der Waals surface area contributed by atoms with E-state index in [1.807, 2.05) is 0 Å². The lowest BCUT2D eigenvalue weighted by Gasteiger charge is -2.25. The molecule has 0 spiro atoms. The van der Waals surface area contributed by atoms with Crippen molar-refractivity contribution in [1.82, 2.24) is 0 Å². The Morgan fingerprint density at radius 2 is 1.74 bits per heavy atom. The molecule has 0 saturated carbocycles. The fraction of sp³-hybridized carbons (Fsp3) is 0.176. The molecule has 0 saturated heterocycles. The van der Waals surface area contributed by atoms with Crippen LogP contribution in [0.25, 0.3) is 0 Å². The largest absolute Gasteiger partial charge is 0.465 e. The van der Waals surface area contributed by atoms with E-state index < -0.39 is 23.7 Å². The minimum atomic E-state index is -4.67. The Morgan fingerprint density at radius 1 is 1.11 bits per heavy atom. The zero-order chi connectivity index (χ0) is 20.4. The van der Waals surface area contributed by atoms with Gasteiger partial charge in [-0.3, -0.25) is 0 Å². The summed E-state index contributed by atoms with van der Waals surface area (Å²) in [5.74, 6) is -1.83. The second kappa shape index (κ2) is 8.18. The molecule has 1 aliphatic rings. The number of rotatable bonds is 3. The van der Waals surface area contributed by atoms with Gasteiger partial charge in [0.25, 0.3) is 0 Å². The van der Waals surface area contributed by atoms with Gasteiger partial charge < -0.3 is 14.4 Å². The van der Waals surface area contributed by atoms with E-state index in [2.05, 4.69) is 20.7 Å². The normalized spacial score (nSPS) is 14.3. The number of methoxy groups -OCH3 is 2. The zero-order valence-corrected chi connectivity index (χ0v) is 16.3. The number of esters is 2. The Bertz CT molecular complexity index is 878. The van der Waals surface area contributed by atoms with Gasteiger partial charge in [0.1, 0.15) is 5.70 Å². The van der Waals surface area contributed by atoms with E-state index in [0.29, 0.717) is 0 Å². The number of ether oxygens (including phenoxy) is 2. The predicted octanol–water partition coefficient (Wildman–Crippen LogP) is 4.61. The van der Waals surface area contributed by atoms with E-state index in [0.717, 1.165) is 31.3 Å². The number of hydrogen-bond acceptors (Lipinski definition) is 5. The fourth-order valence-corrected chi connectivity index (χ4v) is 3.25. The van der Waals surface area contributed by atoms with Crippen LogP contribution in [-0.2, 0) is 25.2 Å². The monoisotopic (exact) mass is 465 g/mol. The van der Waals surface area contributed by atoms with Crippen molar-refractivity contribution in [2.45, 2.75) is 6.18 Å². The van der Waals surface area contributed by atoms with Crippen molar-refractivity contribution in [3.63, 3.8) is 0 Å². The molecule has 144 valence electrons. The molecule has 0 aliphatic carbocycles. The molecule has 0 bridgehead atoms. The van der Waals surface area contributed by atoms with Crippen LogP contribution in [0.3, 0.4) is 0 Å². The van der Waals surface area contributed by atoms with Gasteiger partial charge in [-0.2, -0.15) is 13.2 Å². The average molecular weight is 467 g/mol. The van der Waals surface area contributed by atoms with Crippen molar-refractivity contribution in [3.05, 3.63) is 62.9 Å². The van der Waals surface area contributed by atoms with Crippen molar-refractivity contribution in [1.29, 1.82) is 0 Å². The van der Waals surface area contributed by atoms with Gasteiger partial charge in [-0.1, -0.05) is 33.6 Å². The summed E-state index contributed by atoms with van der Waals surface area (Å²) in [6.45, 7) is 0. The third-order valence-corrected chi connectivity index (χ3v) is 4.45. The molecular weight excluding hydrogens is 455 g/mol. The zero-order valence-electron chi connectivity index (χ0n) is 13.9. The molecule has 1 aromatic rings. The Morgan fingerprint density at radius 3 is 2.30 bits per heavy atom. The summed E-state index contributed by atoms with van der Waals surface area (Å²) in [6, 6.07) is 1.82. The highest BCUT2D eigenvalue weighted by Gasteiger charge is 2.36. The summed E-state index contributed by atoms with van der Waals surface area (Å²) in [4.78, 5) is 25.4. The van der Waals surface area contributed by atoms with E-state index >= 15 is 0 Å². The minimum Gasteiger partial charge on any atom is -0.465 e. The van der Waals surface area contributed by atoms with Gasteiger partial charge in [-0.25, -0.2) is 9.59 Å². The first kappa shape index (κ1) is 21.0. The number of carbonyl (C=O) groups is 2. The molecule has 0 fully saturated rings. The van der Waals surface area contributed by atoms with Crippen molar-refractivity contribution in [3.8, 4) is 0 Å². The first-order valence-electron chi connectivity index (χ1n) is 7.23. The molecule has 0 radical (unpaired) electrons. The molecule has 1 heterocycles. The van der Waals surface area contributed by atoms with Crippen LogP contribution in [0.2, 0.25) is 5.02 Å². The molecule has 0 amide bonds. The molecule has 2 rings (SSSR count). The summed E-state index contributed by atoms with van der Waals surface area (Å²) in [5, 5.41) is -0.0907. The topological polar surface area (TPSA) is 55.8 Å². The van der Waals surface area contributed by atoms with Crippen LogP contribution in [-0.4, -0.2) is 26.2 Å². The van der Waals surface area contributed by atoms with E-state index in [9.17, 15) is 22.8 Å². The first-order chi connectivity index (χ1) is 12.6. The number of benzene rings is 1. The molecular formula is C17H12BrClF3NO4. The lowest BCUT2D eigenvalue weighted by atomic mass is 10.1. The number of anilines is 1. The van der Waals surface area contributed by atoms with Crippen LogP contribution in [0.1, 0.15) is 5.56 Å². The van der Waals surface area contributed by atoms with Crippen molar-refractivity contribution in [2.75, 3.05) is 19.1 Å². The van der Waals surface area contributed by atoms with Gasteiger partial charge in [-0.15, -0.1) is 0 Å². The van der Waals surface area contributed by atoms with Crippen molar-refractivity contribution in [2.24, 2.45) is 0 Å². The van der Waals surface area contributed by atoms with E-state index in [4.69, 9.17) is 16.3 Å². The highest BCUT2D eigenvalue weighted by atomic mass is 79.9. The fourth-order valence-electron chi connectivity index (χ4n) is 2.29. The molecule has 1 aromatic carbocycles. The maximum absolute atomic E-state index is 13.3. The molecule has 0 unspecified atom stereocenters. The molecule has 10 heteroatoms. The van der Waals surface area contributed by atoms with Crippen LogP contribution in [0, 0.1) is 0 Å². The Kier molecular flexibility index (Phi) is 6.38. The van der Waals surface area contributed by atoms with Crippen LogP contribution in [0.15, 0.2) is 52.3 Å². The number of alkyl halides is 3. The number of halogens is 5. The third kappa shape index (κ3) is 4.36. The molecule has 1 aliphatic heterocycles. The van der Waals surface area contributed by atoms with Crippen LogP contribution in [0.4, 0.5) is 18.9 Å². The first-order valence-corrected chi connectivity index (χ1v) is 8.40. The second-order valence-electron chi connectivity index (χ2n) is 5.10.